The monoisotopic (exact) mass is 510 g/mol. The third-order valence-electron chi connectivity index (χ3n) is 6.88. The van der Waals surface area contributed by atoms with Crippen LogP contribution < -0.4 is 15.8 Å². The summed E-state index contributed by atoms with van der Waals surface area (Å²) in [6, 6.07) is 3.55. The molecule has 3 atom stereocenters. The molecule has 192 valence electrons. The van der Waals surface area contributed by atoms with Crippen molar-refractivity contribution in [2.24, 2.45) is 5.92 Å². The van der Waals surface area contributed by atoms with Crippen LogP contribution in [0.15, 0.2) is 18.5 Å². The molecule has 0 saturated carbocycles. The number of aryl methyl sites for hydroxylation is 1. The van der Waals surface area contributed by atoms with Gasteiger partial charge in [-0.15, -0.1) is 11.3 Å². The van der Waals surface area contributed by atoms with E-state index < -0.39 is 0 Å². The van der Waals surface area contributed by atoms with Crippen LogP contribution in [0.1, 0.15) is 36.3 Å². The van der Waals surface area contributed by atoms with Gasteiger partial charge >= 0.3 is 0 Å². The fourth-order valence-electron chi connectivity index (χ4n) is 5.29. The number of morpholine rings is 1. The summed E-state index contributed by atoms with van der Waals surface area (Å²) in [5, 5.41) is 12.1. The lowest BCUT2D eigenvalue weighted by molar-refractivity contribution is -0.103. The van der Waals surface area contributed by atoms with Crippen LogP contribution in [-0.4, -0.2) is 66.8 Å². The Bertz CT molecular complexity index is 1240. The zero-order valence-corrected chi connectivity index (χ0v) is 21.9. The molecular weight excluding hydrogens is 476 g/mol. The van der Waals surface area contributed by atoms with Crippen molar-refractivity contribution in [1.29, 1.82) is 5.41 Å². The molecule has 3 unspecified atom stereocenters. The van der Waals surface area contributed by atoms with E-state index in [0.29, 0.717) is 29.6 Å². The first-order chi connectivity index (χ1) is 17.4. The normalized spacial score (nSPS) is 22.4. The summed E-state index contributed by atoms with van der Waals surface area (Å²) in [6.45, 7) is 7.51. The fraction of sp³-hybridized carbons (Fsp3) is 0.500. The number of nitrogens with two attached hydrogens (primary N) is 1. The van der Waals surface area contributed by atoms with E-state index in [1.165, 1.54) is 16.7 Å². The van der Waals surface area contributed by atoms with Gasteiger partial charge in [-0.05, 0) is 50.7 Å². The van der Waals surface area contributed by atoms with Gasteiger partial charge in [-0.2, -0.15) is 0 Å². The summed E-state index contributed by atoms with van der Waals surface area (Å²) in [7, 11) is 1.61. The van der Waals surface area contributed by atoms with Gasteiger partial charge in [-0.25, -0.2) is 9.97 Å². The maximum absolute atomic E-state index is 7.65. The molecule has 5 rings (SSSR count). The van der Waals surface area contributed by atoms with Gasteiger partial charge in [0.2, 0.25) is 0 Å². The molecular formula is C26H34N6O3S. The molecule has 0 bridgehead atoms. The van der Waals surface area contributed by atoms with Gasteiger partial charge in [0.05, 0.1) is 43.7 Å². The predicted molar refractivity (Wildman–Crippen MR) is 144 cm³/mol. The fourth-order valence-corrected chi connectivity index (χ4v) is 6.59. The number of methoxy groups -OCH3 is 1. The number of nitrogen functional groups attached to an aromatic ring is 1. The Balaban J connectivity index is 1.30. The van der Waals surface area contributed by atoms with Crippen LogP contribution >= 0.6 is 11.3 Å². The molecule has 1 fully saturated rings. The van der Waals surface area contributed by atoms with Crippen molar-refractivity contribution in [1.82, 2.24) is 14.9 Å². The minimum Gasteiger partial charge on any atom is -0.494 e. The molecule has 4 N–H and O–H groups in total. The highest BCUT2D eigenvalue weighted by Crippen LogP contribution is 2.41. The number of rotatable bonds is 8. The van der Waals surface area contributed by atoms with Gasteiger partial charge in [-0.3, -0.25) is 4.90 Å². The van der Waals surface area contributed by atoms with Gasteiger partial charge in [0.1, 0.15) is 22.7 Å². The maximum Gasteiger partial charge on any atom is 0.144 e. The molecule has 1 aromatic carbocycles. The van der Waals surface area contributed by atoms with Crippen LogP contribution in [0.25, 0.3) is 10.2 Å². The molecule has 10 heteroatoms. The van der Waals surface area contributed by atoms with E-state index >= 15 is 0 Å². The number of anilines is 3. The minimum atomic E-state index is 0.252. The minimum absolute atomic E-state index is 0.252. The Morgan fingerprint density at radius 2 is 2.08 bits per heavy atom. The van der Waals surface area contributed by atoms with Crippen LogP contribution in [0.4, 0.5) is 17.2 Å². The van der Waals surface area contributed by atoms with Crippen molar-refractivity contribution < 1.29 is 14.2 Å². The van der Waals surface area contributed by atoms with E-state index in [4.69, 9.17) is 25.4 Å². The van der Waals surface area contributed by atoms with Crippen LogP contribution in [0.5, 0.6) is 5.75 Å². The van der Waals surface area contributed by atoms with E-state index in [2.05, 4.69) is 34.0 Å². The van der Waals surface area contributed by atoms with Gasteiger partial charge in [0, 0.05) is 41.5 Å². The SMILES string of the molecule is COc1cc(N)c(C=N)cc1Nc1ncnc2sc3c(c12)CCC(COCN1CC(C)OC(C)C1)C3. The van der Waals surface area contributed by atoms with Crippen molar-refractivity contribution in [2.45, 2.75) is 45.3 Å². The number of ether oxygens (including phenoxy) is 3. The second-order valence-corrected chi connectivity index (χ2v) is 10.8. The lowest BCUT2D eigenvalue weighted by atomic mass is 9.88. The molecule has 1 saturated heterocycles. The van der Waals surface area contributed by atoms with Crippen LogP contribution in [-0.2, 0) is 22.3 Å². The molecule has 2 aliphatic rings. The molecule has 0 amide bonds. The molecule has 2 aromatic heterocycles. The molecule has 1 aliphatic heterocycles. The van der Waals surface area contributed by atoms with Gasteiger partial charge in [0.15, 0.2) is 0 Å². The third kappa shape index (κ3) is 5.17. The van der Waals surface area contributed by atoms with Gasteiger partial charge < -0.3 is 30.7 Å². The topological polar surface area (TPSA) is 119 Å². The number of nitrogens with zero attached hydrogens (tertiary/aromatic N) is 3. The van der Waals surface area contributed by atoms with Crippen molar-refractivity contribution in [3.8, 4) is 5.75 Å². The number of hydrogen-bond acceptors (Lipinski definition) is 10. The zero-order chi connectivity index (χ0) is 25.2. The van der Waals surface area contributed by atoms with E-state index in [1.54, 1.807) is 30.8 Å². The van der Waals surface area contributed by atoms with E-state index in [0.717, 1.165) is 60.7 Å². The second kappa shape index (κ2) is 10.7. The first-order valence-corrected chi connectivity index (χ1v) is 13.2. The number of thiophene rings is 1. The van der Waals surface area contributed by atoms with Crippen LogP contribution in [0.3, 0.4) is 0 Å². The summed E-state index contributed by atoms with van der Waals surface area (Å²) in [6.07, 6.45) is 6.38. The number of aromatic nitrogens is 2. The molecule has 0 spiro atoms. The lowest BCUT2D eigenvalue weighted by Crippen LogP contribution is -2.46. The molecule has 3 aromatic rings. The first kappa shape index (κ1) is 24.9. The van der Waals surface area contributed by atoms with Crippen molar-refractivity contribution in [2.75, 3.05) is 44.6 Å². The predicted octanol–water partition coefficient (Wildman–Crippen LogP) is 4.21. The van der Waals surface area contributed by atoms with E-state index in [1.807, 2.05) is 6.07 Å². The summed E-state index contributed by atoms with van der Waals surface area (Å²) in [4.78, 5) is 13.8. The summed E-state index contributed by atoms with van der Waals surface area (Å²) in [5.41, 5.74) is 9.21. The van der Waals surface area contributed by atoms with Crippen molar-refractivity contribution in [3.05, 3.63) is 34.5 Å². The first-order valence-electron chi connectivity index (χ1n) is 12.4. The van der Waals surface area contributed by atoms with Crippen LogP contribution in [0.2, 0.25) is 0 Å². The van der Waals surface area contributed by atoms with Crippen molar-refractivity contribution in [3.63, 3.8) is 0 Å². The van der Waals surface area contributed by atoms with Gasteiger partial charge in [0.25, 0.3) is 0 Å². The zero-order valence-electron chi connectivity index (χ0n) is 21.0. The van der Waals surface area contributed by atoms with Crippen molar-refractivity contribution >= 4 is 45.0 Å². The van der Waals surface area contributed by atoms with Crippen LogP contribution in [0, 0.1) is 11.3 Å². The van der Waals surface area contributed by atoms with E-state index in [9.17, 15) is 0 Å². The Kier molecular flexibility index (Phi) is 7.38. The molecule has 1 aliphatic carbocycles. The largest absolute Gasteiger partial charge is 0.494 e. The maximum atomic E-state index is 7.65. The Hall–Kier alpha value is -2.79. The number of hydrogen-bond donors (Lipinski definition) is 3. The highest BCUT2D eigenvalue weighted by molar-refractivity contribution is 7.19. The number of benzene rings is 1. The Morgan fingerprint density at radius 3 is 2.83 bits per heavy atom. The van der Waals surface area contributed by atoms with Gasteiger partial charge in [-0.1, -0.05) is 0 Å². The second-order valence-electron chi connectivity index (χ2n) is 9.76. The smallest absolute Gasteiger partial charge is 0.144 e. The summed E-state index contributed by atoms with van der Waals surface area (Å²) < 4.78 is 17.5. The standard InChI is InChI=1S/C26H34N6O3S/c1-15-10-32(11-16(2)35-15)14-34-12-17-4-5-19-23(6-17)36-26-24(19)25(29-13-30-26)31-21-7-18(9-27)20(28)8-22(21)33-3/h7-9,13,15-17,27H,4-6,10-12,14,28H2,1-3H3,(H,29,30,31). The Labute approximate surface area is 215 Å². The quantitative estimate of drug-likeness (QED) is 0.305. The lowest BCUT2D eigenvalue weighted by Gasteiger charge is -2.35. The summed E-state index contributed by atoms with van der Waals surface area (Å²) >= 11 is 1.75. The number of fused-ring (bicyclic) bond motifs is 3. The average Bonchev–Trinajstić information content (AvgIpc) is 3.23. The van der Waals surface area contributed by atoms with E-state index in [-0.39, 0.29) is 12.2 Å². The molecule has 36 heavy (non-hydrogen) atoms. The summed E-state index contributed by atoms with van der Waals surface area (Å²) in [5.74, 6) is 1.86. The highest BCUT2D eigenvalue weighted by Gasteiger charge is 2.27. The average molecular weight is 511 g/mol. The molecule has 3 heterocycles. The molecule has 0 radical (unpaired) electrons. The Morgan fingerprint density at radius 1 is 1.28 bits per heavy atom. The third-order valence-corrected chi connectivity index (χ3v) is 8.05. The number of nitrogens with one attached hydrogen (secondary N) is 2. The highest BCUT2D eigenvalue weighted by atomic mass is 32.1. The molecule has 9 nitrogen and oxygen atoms in total.